The van der Waals surface area contributed by atoms with E-state index in [4.69, 9.17) is 11.1 Å². The first-order chi connectivity index (χ1) is 9.11. The Labute approximate surface area is 114 Å². The summed E-state index contributed by atoms with van der Waals surface area (Å²) >= 11 is 0. The molecule has 19 heavy (non-hydrogen) atoms. The van der Waals surface area contributed by atoms with Gasteiger partial charge in [0.2, 0.25) is 0 Å². The zero-order valence-corrected chi connectivity index (χ0v) is 11.5. The van der Waals surface area contributed by atoms with E-state index in [1.807, 2.05) is 0 Å². The van der Waals surface area contributed by atoms with E-state index in [-0.39, 0.29) is 11.7 Å². The molecular weight excluding hydrogens is 241 g/mol. The van der Waals surface area contributed by atoms with Gasteiger partial charge in [0.1, 0.15) is 11.7 Å². The van der Waals surface area contributed by atoms with Crippen molar-refractivity contribution in [1.82, 2.24) is 0 Å². The van der Waals surface area contributed by atoms with Crippen molar-refractivity contribution in [2.45, 2.75) is 32.6 Å². The number of halogens is 1. The van der Waals surface area contributed by atoms with Crippen LogP contribution in [-0.4, -0.2) is 18.9 Å². The summed E-state index contributed by atoms with van der Waals surface area (Å²) in [4.78, 5) is 2.22. The second-order valence-electron chi connectivity index (χ2n) is 5.29. The van der Waals surface area contributed by atoms with Gasteiger partial charge in [-0.15, -0.1) is 0 Å². The Morgan fingerprint density at radius 3 is 2.68 bits per heavy atom. The zero-order chi connectivity index (χ0) is 13.8. The Morgan fingerprint density at radius 2 is 2.11 bits per heavy atom. The second kappa shape index (κ2) is 6.04. The number of nitrogens with two attached hydrogens (primary N) is 1. The smallest absolute Gasteiger partial charge is 0.125 e. The van der Waals surface area contributed by atoms with Crippen LogP contribution >= 0.6 is 0 Å². The molecule has 0 atom stereocenters. The van der Waals surface area contributed by atoms with Crippen molar-refractivity contribution in [3.63, 3.8) is 0 Å². The molecule has 4 heteroatoms. The van der Waals surface area contributed by atoms with Gasteiger partial charge in [0.15, 0.2) is 0 Å². The lowest BCUT2D eigenvalue weighted by molar-refractivity contribution is 0.378. The molecule has 1 aliphatic heterocycles. The summed E-state index contributed by atoms with van der Waals surface area (Å²) in [5.74, 6) is 0.405. The number of nitrogen functional groups attached to an aromatic ring is 1. The van der Waals surface area contributed by atoms with Gasteiger partial charge < -0.3 is 10.6 Å². The normalized spacial score (nSPS) is 16.6. The number of piperidine rings is 1. The van der Waals surface area contributed by atoms with Crippen molar-refractivity contribution in [1.29, 1.82) is 5.41 Å². The molecule has 104 valence electrons. The molecule has 0 unspecified atom stereocenters. The van der Waals surface area contributed by atoms with Crippen LogP contribution in [0.15, 0.2) is 18.2 Å². The van der Waals surface area contributed by atoms with Crippen molar-refractivity contribution in [2.75, 3.05) is 18.0 Å². The molecule has 1 fully saturated rings. The number of hydrogen-bond donors (Lipinski definition) is 2. The largest absolute Gasteiger partial charge is 0.384 e. The van der Waals surface area contributed by atoms with Gasteiger partial charge in [-0.25, -0.2) is 4.39 Å². The molecule has 2 rings (SSSR count). The van der Waals surface area contributed by atoms with E-state index in [9.17, 15) is 4.39 Å². The Bertz CT molecular complexity index is 451. The summed E-state index contributed by atoms with van der Waals surface area (Å²) in [6.45, 7) is 4.16. The fourth-order valence-corrected chi connectivity index (χ4v) is 2.87. The van der Waals surface area contributed by atoms with Gasteiger partial charge in [0, 0.05) is 24.3 Å². The predicted molar refractivity (Wildman–Crippen MR) is 77.3 cm³/mol. The van der Waals surface area contributed by atoms with E-state index in [2.05, 4.69) is 11.8 Å². The van der Waals surface area contributed by atoms with E-state index in [0.29, 0.717) is 5.56 Å². The van der Waals surface area contributed by atoms with Crippen LogP contribution in [0.2, 0.25) is 0 Å². The fraction of sp³-hybridized carbons (Fsp3) is 0.533. The summed E-state index contributed by atoms with van der Waals surface area (Å²) in [5.41, 5.74) is 6.96. The lowest BCUT2D eigenvalue weighted by Gasteiger charge is -2.34. The third-order valence-corrected chi connectivity index (χ3v) is 3.90. The van der Waals surface area contributed by atoms with Gasteiger partial charge in [0.25, 0.3) is 0 Å². The molecule has 3 N–H and O–H groups in total. The molecule has 0 bridgehead atoms. The van der Waals surface area contributed by atoms with E-state index < -0.39 is 0 Å². The fourth-order valence-electron chi connectivity index (χ4n) is 2.87. The minimum atomic E-state index is -0.338. The molecule has 1 aliphatic rings. The molecule has 3 nitrogen and oxygen atoms in total. The Kier molecular flexibility index (Phi) is 4.40. The Morgan fingerprint density at radius 1 is 1.42 bits per heavy atom. The van der Waals surface area contributed by atoms with Crippen LogP contribution in [0.5, 0.6) is 0 Å². The summed E-state index contributed by atoms with van der Waals surface area (Å²) in [5, 5.41) is 7.58. The van der Waals surface area contributed by atoms with Crippen LogP contribution < -0.4 is 10.6 Å². The Hall–Kier alpha value is -1.58. The summed E-state index contributed by atoms with van der Waals surface area (Å²) < 4.78 is 13.3. The third-order valence-electron chi connectivity index (χ3n) is 3.90. The first-order valence-electron chi connectivity index (χ1n) is 7.00. The van der Waals surface area contributed by atoms with Crippen LogP contribution in [0.25, 0.3) is 0 Å². The number of benzene rings is 1. The maximum atomic E-state index is 13.3. The maximum absolute atomic E-state index is 13.3. The van der Waals surface area contributed by atoms with Gasteiger partial charge >= 0.3 is 0 Å². The van der Waals surface area contributed by atoms with E-state index in [1.165, 1.54) is 37.8 Å². The third kappa shape index (κ3) is 3.25. The van der Waals surface area contributed by atoms with Crippen molar-refractivity contribution in [3.8, 4) is 0 Å². The summed E-state index contributed by atoms with van der Waals surface area (Å²) in [7, 11) is 0. The predicted octanol–water partition coefficient (Wildman–Crippen LogP) is 3.13. The zero-order valence-electron chi connectivity index (χ0n) is 11.5. The van der Waals surface area contributed by atoms with Crippen LogP contribution in [0, 0.1) is 17.1 Å². The van der Waals surface area contributed by atoms with Gasteiger partial charge in [-0.1, -0.05) is 19.8 Å². The van der Waals surface area contributed by atoms with Crippen LogP contribution in [0.4, 0.5) is 10.1 Å². The van der Waals surface area contributed by atoms with Gasteiger partial charge in [-0.2, -0.15) is 0 Å². The highest BCUT2D eigenvalue weighted by atomic mass is 19.1. The van der Waals surface area contributed by atoms with E-state index in [1.54, 1.807) is 6.07 Å². The number of rotatable bonds is 4. The van der Waals surface area contributed by atoms with Gasteiger partial charge in [0.05, 0.1) is 0 Å². The van der Waals surface area contributed by atoms with Crippen molar-refractivity contribution in [2.24, 2.45) is 11.7 Å². The number of hydrogen-bond acceptors (Lipinski definition) is 2. The quantitative estimate of drug-likeness (QED) is 0.647. The van der Waals surface area contributed by atoms with Crippen molar-refractivity contribution >= 4 is 11.5 Å². The topological polar surface area (TPSA) is 53.1 Å². The lowest BCUT2D eigenvalue weighted by Crippen LogP contribution is -2.35. The molecule has 0 saturated carbocycles. The lowest BCUT2D eigenvalue weighted by atomic mass is 9.92. The Balaban J connectivity index is 2.13. The van der Waals surface area contributed by atoms with Crippen molar-refractivity contribution in [3.05, 3.63) is 29.6 Å². The van der Waals surface area contributed by atoms with Gasteiger partial charge in [-0.05, 0) is 37.0 Å². The summed E-state index contributed by atoms with van der Waals surface area (Å²) in [6, 6.07) is 4.54. The van der Waals surface area contributed by atoms with E-state index in [0.717, 1.165) is 24.7 Å². The second-order valence-corrected chi connectivity index (χ2v) is 5.29. The molecule has 0 aliphatic carbocycles. The molecule has 0 amide bonds. The average molecular weight is 263 g/mol. The minimum absolute atomic E-state index is 0.0646. The minimum Gasteiger partial charge on any atom is -0.384 e. The van der Waals surface area contributed by atoms with E-state index >= 15 is 0 Å². The first-order valence-corrected chi connectivity index (χ1v) is 7.00. The molecule has 1 aromatic rings. The van der Waals surface area contributed by atoms with Crippen LogP contribution in [-0.2, 0) is 0 Å². The van der Waals surface area contributed by atoms with Crippen molar-refractivity contribution < 1.29 is 4.39 Å². The highest BCUT2D eigenvalue weighted by molar-refractivity contribution is 6.00. The van der Waals surface area contributed by atoms with Crippen LogP contribution in [0.1, 0.15) is 38.2 Å². The highest BCUT2D eigenvalue weighted by Gasteiger charge is 2.21. The van der Waals surface area contributed by atoms with Gasteiger partial charge in [-0.3, -0.25) is 5.41 Å². The molecule has 1 heterocycles. The average Bonchev–Trinajstić information content (AvgIpc) is 2.40. The molecule has 0 radical (unpaired) electrons. The number of anilines is 1. The molecular formula is C15H22FN3. The molecule has 1 saturated heterocycles. The molecule has 0 aromatic heterocycles. The standard InChI is InChI=1S/C15H22FN3/c1-2-3-11-6-8-19(9-7-11)14-5-4-12(16)10-13(14)15(17)18/h4-5,10-11H,2-3,6-9H2,1H3,(H3,17,18). The molecule has 1 aromatic carbocycles. The number of nitrogens with zero attached hydrogens (tertiary/aromatic N) is 1. The molecule has 0 spiro atoms. The van der Waals surface area contributed by atoms with Crippen LogP contribution in [0.3, 0.4) is 0 Å². The number of amidine groups is 1. The maximum Gasteiger partial charge on any atom is 0.125 e. The SMILES string of the molecule is CCCC1CCN(c2ccc(F)cc2C(=N)N)CC1. The number of nitrogens with one attached hydrogen (secondary N) is 1. The monoisotopic (exact) mass is 263 g/mol. The summed E-state index contributed by atoms with van der Waals surface area (Å²) in [6.07, 6.45) is 4.86. The highest BCUT2D eigenvalue weighted by Crippen LogP contribution is 2.28. The first kappa shape index (κ1) is 13.8.